The molecule has 1 aliphatic heterocycles. The van der Waals surface area contributed by atoms with E-state index < -0.39 is 0 Å². The highest BCUT2D eigenvalue weighted by Gasteiger charge is 2.33. The third-order valence-corrected chi connectivity index (χ3v) is 3.75. The van der Waals surface area contributed by atoms with E-state index in [0.29, 0.717) is 37.1 Å². The van der Waals surface area contributed by atoms with E-state index in [0.717, 1.165) is 5.69 Å². The van der Waals surface area contributed by atoms with E-state index in [2.05, 4.69) is 20.3 Å². The SMILES string of the molecule is CNc1cc(C)nc([C@@H]2COCCN2C(=O)c2ocnc2C)n1. The minimum Gasteiger partial charge on any atom is -0.438 e. The zero-order valence-electron chi connectivity index (χ0n) is 13.4. The highest BCUT2D eigenvalue weighted by molar-refractivity contribution is 5.92. The van der Waals surface area contributed by atoms with E-state index in [4.69, 9.17) is 9.15 Å². The van der Waals surface area contributed by atoms with Gasteiger partial charge in [-0.1, -0.05) is 0 Å². The summed E-state index contributed by atoms with van der Waals surface area (Å²) in [5, 5.41) is 3.00. The maximum absolute atomic E-state index is 12.8. The molecule has 2 aromatic rings. The summed E-state index contributed by atoms with van der Waals surface area (Å²) in [6.45, 7) is 4.92. The number of nitrogens with zero attached hydrogens (tertiary/aromatic N) is 4. The summed E-state index contributed by atoms with van der Waals surface area (Å²) in [6.07, 6.45) is 1.28. The lowest BCUT2D eigenvalue weighted by atomic mass is 10.1. The Balaban J connectivity index is 1.94. The number of hydrogen-bond donors (Lipinski definition) is 1. The van der Waals surface area contributed by atoms with Crippen molar-refractivity contribution in [1.29, 1.82) is 0 Å². The van der Waals surface area contributed by atoms with Gasteiger partial charge in [0.15, 0.2) is 12.2 Å². The number of aromatic nitrogens is 3. The third-order valence-electron chi connectivity index (χ3n) is 3.75. The second kappa shape index (κ2) is 6.33. The van der Waals surface area contributed by atoms with E-state index in [1.54, 1.807) is 18.9 Å². The highest BCUT2D eigenvalue weighted by atomic mass is 16.5. The van der Waals surface area contributed by atoms with Gasteiger partial charge in [-0.15, -0.1) is 0 Å². The lowest BCUT2D eigenvalue weighted by Gasteiger charge is -2.34. The first-order valence-electron chi connectivity index (χ1n) is 7.42. The van der Waals surface area contributed by atoms with Gasteiger partial charge in [0.2, 0.25) is 5.76 Å². The van der Waals surface area contributed by atoms with Crippen LogP contribution in [-0.2, 0) is 4.74 Å². The molecule has 122 valence electrons. The van der Waals surface area contributed by atoms with Crippen LogP contribution in [-0.4, -0.2) is 52.6 Å². The summed E-state index contributed by atoms with van der Waals surface area (Å²) >= 11 is 0. The quantitative estimate of drug-likeness (QED) is 0.913. The van der Waals surface area contributed by atoms with Crippen LogP contribution in [0.1, 0.15) is 33.8 Å². The molecule has 0 spiro atoms. The van der Waals surface area contributed by atoms with Gasteiger partial charge in [0.05, 0.1) is 18.9 Å². The molecule has 8 nitrogen and oxygen atoms in total. The van der Waals surface area contributed by atoms with Crippen molar-refractivity contribution >= 4 is 11.7 Å². The predicted molar refractivity (Wildman–Crippen MR) is 82.2 cm³/mol. The number of carbonyl (C=O) groups excluding carboxylic acids is 1. The Morgan fingerprint density at radius 2 is 2.22 bits per heavy atom. The van der Waals surface area contributed by atoms with Gasteiger partial charge >= 0.3 is 0 Å². The molecule has 0 bridgehead atoms. The number of ether oxygens (including phenoxy) is 1. The number of amides is 1. The number of aryl methyl sites for hydroxylation is 2. The fourth-order valence-corrected chi connectivity index (χ4v) is 2.57. The Morgan fingerprint density at radius 1 is 1.39 bits per heavy atom. The van der Waals surface area contributed by atoms with Crippen molar-refractivity contribution in [3.63, 3.8) is 0 Å². The average Bonchev–Trinajstić information content (AvgIpc) is 2.99. The van der Waals surface area contributed by atoms with Crippen molar-refractivity contribution in [2.24, 2.45) is 0 Å². The van der Waals surface area contributed by atoms with Crippen LogP contribution in [0.3, 0.4) is 0 Å². The van der Waals surface area contributed by atoms with Gasteiger partial charge in [-0.2, -0.15) is 0 Å². The zero-order valence-corrected chi connectivity index (χ0v) is 13.4. The van der Waals surface area contributed by atoms with Crippen LogP contribution in [0.2, 0.25) is 0 Å². The van der Waals surface area contributed by atoms with Crippen LogP contribution in [0.15, 0.2) is 16.9 Å². The van der Waals surface area contributed by atoms with Gasteiger partial charge in [-0.3, -0.25) is 4.79 Å². The van der Waals surface area contributed by atoms with E-state index in [1.807, 2.05) is 13.0 Å². The van der Waals surface area contributed by atoms with Gasteiger partial charge in [0.25, 0.3) is 5.91 Å². The van der Waals surface area contributed by atoms with E-state index >= 15 is 0 Å². The Bertz CT molecular complexity index is 715. The highest BCUT2D eigenvalue weighted by Crippen LogP contribution is 2.25. The Labute approximate surface area is 133 Å². The molecule has 8 heteroatoms. The molecule has 0 aromatic carbocycles. The van der Waals surface area contributed by atoms with Gasteiger partial charge in [-0.25, -0.2) is 15.0 Å². The average molecular weight is 317 g/mol. The normalized spacial score (nSPS) is 18.0. The van der Waals surface area contributed by atoms with Gasteiger partial charge < -0.3 is 19.4 Å². The number of carbonyl (C=O) groups is 1. The first kappa shape index (κ1) is 15.4. The topological polar surface area (TPSA) is 93.4 Å². The molecule has 1 amide bonds. The second-order valence-electron chi connectivity index (χ2n) is 5.36. The number of morpholine rings is 1. The molecule has 1 N–H and O–H groups in total. The summed E-state index contributed by atoms with van der Waals surface area (Å²) in [7, 11) is 1.80. The Hall–Kier alpha value is -2.48. The number of rotatable bonds is 3. The van der Waals surface area contributed by atoms with Crippen molar-refractivity contribution < 1.29 is 13.9 Å². The number of oxazole rings is 1. The van der Waals surface area contributed by atoms with Crippen LogP contribution < -0.4 is 5.32 Å². The fraction of sp³-hybridized carbons (Fsp3) is 0.467. The summed E-state index contributed by atoms with van der Waals surface area (Å²) < 4.78 is 10.8. The molecule has 1 aliphatic rings. The smallest absolute Gasteiger partial charge is 0.292 e. The summed E-state index contributed by atoms with van der Waals surface area (Å²) in [6, 6.07) is 1.49. The van der Waals surface area contributed by atoms with E-state index in [-0.39, 0.29) is 17.7 Å². The maximum Gasteiger partial charge on any atom is 0.292 e. The molecule has 3 heterocycles. The first-order chi connectivity index (χ1) is 11.1. The Morgan fingerprint density at radius 3 is 2.91 bits per heavy atom. The lowest BCUT2D eigenvalue weighted by Crippen LogP contribution is -2.44. The van der Waals surface area contributed by atoms with E-state index in [9.17, 15) is 4.79 Å². The van der Waals surface area contributed by atoms with Crippen LogP contribution in [0.25, 0.3) is 0 Å². The number of anilines is 1. The third kappa shape index (κ3) is 3.02. The molecule has 1 saturated heterocycles. The summed E-state index contributed by atoms with van der Waals surface area (Å²) in [5.74, 6) is 1.30. The molecule has 3 rings (SSSR count). The van der Waals surface area contributed by atoms with Crippen LogP contribution in [0.4, 0.5) is 5.82 Å². The van der Waals surface area contributed by atoms with Crippen molar-refractivity contribution in [1.82, 2.24) is 19.9 Å². The van der Waals surface area contributed by atoms with Crippen molar-refractivity contribution in [3.8, 4) is 0 Å². The number of hydrogen-bond acceptors (Lipinski definition) is 7. The van der Waals surface area contributed by atoms with Gasteiger partial charge in [0, 0.05) is 25.4 Å². The first-order valence-corrected chi connectivity index (χ1v) is 7.42. The van der Waals surface area contributed by atoms with Crippen LogP contribution in [0, 0.1) is 13.8 Å². The van der Waals surface area contributed by atoms with Crippen molar-refractivity contribution in [2.75, 3.05) is 32.1 Å². The molecule has 0 unspecified atom stereocenters. The van der Waals surface area contributed by atoms with Gasteiger partial charge in [-0.05, 0) is 13.8 Å². The molecule has 0 aliphatic carbocycles. The number of nitrogens with one attached hydrogen (secondary N) is 1. The second-order valence-corrected chi connectivity index (χ2v) is 5.36. The zero-order chi connectivity index (χ0) is 16.4. The molecule has 0 radical (unpaired) electrons. The standard InChI is InChI=1S/C15H19N5O3/c1-9-6-12(16-3)19-14(18-9)11-7-22-5-4-20(11)15(21)13-10(2)17-8-23-13/h6,8,11H,4-5,7H2,1-3H3,(H,16,18,19)/t11-/m0/s1. The predicted octanol–water partition coefficient (Wildman–Crippen LogP) is 1.34. The van der Waals surface area contributed by atoms with Crippen molar-refractivity contribution in [3.05, 3.63) is 35.4 Å². The Kier molecular flexibility index (Phi) is 4.24. The monoisotopic (exact) mass is 317 g/mol. The largest absolute Gasteiger partial charge is 0.438 e. The van der Waals surface area contributed by atoms with E-state index in [1.165, 1.54) is 6.39 Å². The fourth-order valence-electron chi connectivity index (χ4n) is 2.57. The van der Waals surface area contributed by atoms with Gasteiger partial charge in [0.1, 0.15) is 11.9 Å². The molecular formula is C15H19N5O3. The van der Waals surface area contributed by atoms with Crippen molar-refractivity contribution in [2.45, 2.75) is 19.9 Å². The molecule has 2 aromatic heterocycles. The summed E-state index contributed by atoms with van der Waals surface area (Å²) in [4.78, 5) is 27.4. The molecule has 0 saturated carbocycles. The maximum atomic E-state index is 12.8. The van der Waals surface area contributed by atoms with Crippen LogP contribution >= 0.6 is 0 Å². The molecule has 1 atom stereocenters. The molecule has 23 heavy (non-hydrogen) atoms. The minimum absolute atomic E-state index is 0.218. The minimum atomic E-state index is -0.354. The lowest BCUT2D eigenvalue weighted by molar-refractivity contribution is -0.00680. The molecular weight excluding hydrogens is 298 g/mol. The molecule has 1 fully saturated rings. The van der Waals surface area contributed by atoms with Crippen LogP contribution in [0.5, 0.6) is 0 Å². The summed E-state index contributed by atoms with van der Waals surface area (Å²) in [5.41, 5.74) is 1.40.